The normalized spacial score (nSPS) is 20.2. The lowest BCUT2D eigenvalue weighted by Crippen LogP contribution is -2.41. The van der Waals surface area contributed by atoms with Gasteiger partial charge in [-0.25, -0.2) is 9.59 Å². The van der Waals surface area contributed by atoms with Gasteiger partial charge in [-0.15, -0.1) is 0 Å². The smallest absolute Gasteiger partial charge is 0.410 e. The van der Waals surface area contributed by atoms with Gasteiger partial charge in [-0.2, -0.15) is 0 Å². The molecule has 124 valence electrons. The van der Waals surface area contributed by atoms with Crippen molar-refractivity contribution in [1.82, 2.24) is 4.90 Å². The molecule has 23 heavy (non-hydrogen) atoms. The van der Waals surface area contributed by atoms with E-state index in [1.807, 2.05) is 30.3 Å². The van der Waals surface area contributed by atoms with Crippen LogP contribution in [0.2, 0.25) is 0 Å². The van der Waals surface area contributed by atoms with Crippen molar-refractivity contribution >= 4 is 28.9 Å². The van der Waals surface area contributed by atoms with E-state index in [-0.39, 0.29) is 23.5 Å². The summed E-state index contributed by atoms with van der Waals surface area (Å²) in [5.74, 6) is -0.492. The molecule has 1 aromatic rings. The molecule has 6 nitrogen and oxygen atoms in total. The summed E-state index contributed by atoms with van der Waals surface area (Å²) >= 11 is 1.13. The molecule has 1 amide bonds. The molecule has 2 rings (SSSR count). The summed E-state index contributed by atoms with van der Waals surface area (Å²) in [4.78, 5) is 36.7. The number of esters is 1. The highest BCUT2D eigenvalue weighted by molar-refractivity contribution is 8.14. The second-order valence-corrected chi connectivity index (χ2v) is 6.68. The van der Waals surface area contributed by atoms with E-state index in [2.05, 4.69) is 0 Å². The van der Waals surface area contributed by atoms with Gasteiger partial charge in [-0.05, 0) is 12.0 Å². The first-order valence-electron chi connectivity index (χ1n) is 7.23. The first-order valence-corrected chi connectivity index (χ1v) is 8.11. The van der Waals surface area contributed by atoms with Crippen LogP contribution < -0.4 is 0 Å². The number of ether oxygens (including phenoxy) is 2. The van der Waals surface area contributed by atoms with Gasteiger partial charge >= 0.3 is 12.1 Å². The molecule has 1 aliphatic heterocycles. The number of thioether (sulfide) groups is 1. The molecule has 0 unspecified atom stereocenters. The SMILES string of the molecule is COC(=O)[C@@H]1C[C@@H](SC(C)=O)CN1C(=O)OCc1ccccc1. The van der Waals surface area contributed by atoms with E-state index in [1.54, 1.807) is 0 Å². The number of benzene rings is 1. The van der Waals surface area contributed by atoms with Crippen molar-refractivity contribution in [2.24, 2.45) is 0 Å². The van der Waals surface area contributed by atoms with Gasteiger partial charge in [0.05, 0.1) is 7.11 Å². The number of nitrogens with zero attached hydrogens (tertiary/aromatic N) is 1. The van der Waals surface area contributed by atoms with Crippen molar-refractivity contribution in [3.63, 3.8) is 0 Å². The predicted octanol–water partition coefficient (Wildman–Crippen LogP) is 2.22. The van der Waals surface area contributed by atoms with Crippen LogP contribution in [0.5, 0.6) is 0 Å². The Morgan fingerprint density at radius 1 is 1.26 bits per heavy atom. The molecule has 0 bridgehead atoms. The average Bonchev–Trinajstić information content (AvgIpc) is 2.96. The van der Waals surface area contributed by atoms with Gasteiger partial charge < -0.3 is 9.47 Å². The Bertz CT molecular complexity index is 577. The van der Waals surface area contributed by atoms with Crippen molar-refractivity contribution in [1.29, 1.82) is 0 Å². The molecule has 1 aliphatic rings. The lowest BCUT2D eigenvalue weighted by Gasteiger charge is -2.21. The van der Waals surface area contributed by atoms with E-state index >= 15 is 0 Å². The molecule has 2 atom stereocenters. The minimum absolute atomic E-state index is 0.0434. The molecular formula is C16H19NO5S. The van der Waals surface area contributed by atoms with Crippen LogP contribution in [0.25, 0.3) is 0 Å². The molecule has 0 spiro atoms. The first-order chi connectivity index (χ1) is 11.0. The maximum atomic E-state index is 12.3. The fourth-order valence-corrected chi connectivity index (χ4v) is 3.46. The summed E-state index contributed by atoms with van der Waals surface area (Å²) < 4.78 is 10.0. The molecule has 1 heterocycles. The fourth-order valence-electron chi connectivity index (χ4n) is 2.48. The summed E-state index contributed by atoms with van der Waals surface area (Å²) in [5.41, 5.74) is 0.865. The van der Waals surface area contributed by atoms with E-state index in [0.717, 1.165) is 17.3 Å². The number of likely N-dealkylation sites (tertiary alicyclic amines) is 1. The van der Waals surface area contributed by atoms with Crippen LogP contribution in [0.1, 0.15) is 18.9 Å². The highest BCUT2D eigenvalue weighted by Gasteiger charge is 2.41. The van der Waals surface area contributed by atoms with Crippen molar-refractivity contribution in [2.75, 3.05) is 13.7 Å². The Hall–Kier alpha value is -2.02. The van der Waals surface area contributed by atoms with Crippen LogP contribution in [-0.4, -0.2) is 47.0 Å². The largest absolute Gasteiger partial charge is 0.467 e. The zero-order valence-electron chi connectivity index (χ0n) is 13.1. The first kappa shape index (κ1) is 17.3. The summed E-state index contributed by atoms with van der Waals surface area (Å²) in [7, 11) is 1.28. The molecule has 1 saturated heterocycles. The average molecular weight is 337 g/mol. The molecule has 0 N–H and O–H groups in total. The number of carbonyl (C=O) groups is 3. The minimum Gasteiger partial charge on any atom is -0.467 e. The molecule has 0 saturated carbocycles. The Morgan fingerprint density at radius 2 is 1.96 bits per heavy atom. The van der Waals surface area contributed by atoms with Crippen LogP contribution in [-0.2, 0) is 25.7 Å². The Morgan fingerprint density at radius 3 is 2.57 bits per heavy atom. The van der Waals surface area contributed by atoms with Gasteiger partial charge in [0.1, 0.15) is 12.6 Å². The second-order valence-electron chi connectivity index (χ2n) is 5.20. The van der Waals surface area contributed by atoms with Gasteiger partial charge in [0, 0.05) is 18.7 Å². The lowest BCUT2D eigenvalue weighted by molar-refractivity contribution is -0.145. The van der Waals surface area contributed by atoms with E-state index in [0.29, 0.717) is 6.42 Å². The van der Waals surface area contributed by atoms with E-state index in [1.165, 1.54) is 18.9 Å². The zero-order valence-corrected chi connectivity index (χ0v) is 13.9. The third kappa shape index (κ3) is 4.72. The van der Waals surface area contributed by atoms with E-state index in [4.69, 9.17) is 9.47 Å². The quantitative estimate of drug-likeness (QED) is 0.785. The molecule has 1 fully saturated rings. The van der Waals surface area contributed by atoms with Gasteiger partial charge in [-0.1, -0.05) is 42.1 Å². The van der Waals surface area contributed by atoms with Crippen LogP contribution in [0.3, 0.4) is 0 Å². The Balaban J connectivity index is 2.00. The summed E-state index contributed by atoms with van der Waals surface area (Å²) in [6, 6.07) is 8.58. The number of carbonyl (C=O) groups excluding carboxylic acids is 3. The molecular weight excluding hydrogens is 318 g/mol. The van der Waals surface area contributed by atoms with Crippen molar-refractivity contribution < 1.29 is 23.9 Å². The van der Waals surface area contributed by atoms with Crippen LogP contribution in [0.15, 0.2) is 30.3 Å². The summed E-state index contributed by atoms with van der Waals surface area (Å²) in [5, 5.41) is -0.168. The zero-order chi connectivity index (χ0) is 16.8. The highest BCUT2D eigenvalue weighted by atomic mass is 32.2. The van der Waals surface area contributed by atoms with Crippen LogP contribution >= 0.6 is 11.8 Å². The number of hydrogen-bond donors (Lipinski definition) is 0. The Labute approximate surface area is 139 Å². The monoisotopic (exact) mass is 337 g/mol. The van der Waals surface area contributed by atoms with Gasteiger partial charge in [0.2, 0.25) is 0 Å². The summed E-state index contributed by atoms with van der Waals surface area (Å²) in [6.45, 7) is 1.89. The van der Waals surface area contributed by atoms with Gasteiger partial charge in [-0.3, -0.25) is 9.69 Å². The Kier molecular flexibility index (Phi) is 6.04. The number of amides is 1. The second kappa shape index (κ2) is 8.01. The highest BCUT2D eigenvalue weighted by Crippen LogP contribution is 2.29. The maximum absolute atomic E-state index is 12.3. The third-order valence-electron chi connectivity index (χ3n) is 3.51. The van der Waals surface area contributed by atoms with E-state index < -0.39 is 18.1 Å². The van der Waals surface area contributed by atoms with Crippen molar-refractivity contribution in [3.8, 4) is 0 Å². The lowest BCUT2D eigenvalue weighted by atomic mass is 10.2. The fraction of sp³-hybridized carbons (Fsp3) is 0.438. The van der Waals surface area contributed by atoms with Crippen LogP contribution in [0, 0.1) is 0 Å². The molecule has 0 radical (unpaired) electrons. The number of rotatable bonds is 4. The number of hydrogen-bond acceptors (Lipinski definition) is 6. The topological polar surface area (TPSA) is 72.9 Å². The third-order valence-corrected chi connectivity index (χ3v) is 4.52. The molecule has 0 aromatic heterocycles. The van der Waals surface area contributed by atoms with E-state index in [9.17, 15) is 14.4 Å². The van der Waals surface area contributed by atoms with Gasteiger partial charge in [0.15, 0.2) is 5.12 Å². The number of methoxy groups -OCH3 is 1. The van der Waals surface area contributed by atoms with Crippen molar-refractivity contribution in [2.45, 2.75) is 31.2 Å². The molecule has 1 aromatic carbocycles. The molecule has 7 heteroatoms. The van der Waals surface area contributed by atoms with Crippen LogP contribution in [0.4, 0.5) is 4.79 Å². The molecule has 0 aliphatic carbocycles. The van der Waals surface area contributed by atoms with Gasteiger partial charge in [0.25, 0.3) is 0 Å². The maximum Gasteiger partial charge on any atom is 0.410 e. The predicted molar refractivity (Wildman–Crippen MR) is 85.8 cm³/mol. The minimum atomic E-state index is -0.708. The standard InChI is InChI=1S/C16H19NO5S/c1-11(18)23-13-8-14(15(19)21-2)17(9-13)16(20)22-10-12-6-4-3-5-7-12/h3-7,13-14H,8-10H2,1-2H3/t13-,14+/m1/s1. The summed E-state index contributed by atoms with van der Waals surface area (Å²) in [6.07, 6.45) is -0.187. The van der Waals surface area contributed by atoms with Crippen molar-refractivity contribution in [3.05, 3.63) is 35.9 Å².